The molecule has 9 heteroatoms. The molecule has 5 aliphatic rings. The minimum atomic E-state index is -1.34. The van der Waals surface area contributed by atoms with Crippen LogP contribution in [0.5, 0.6) is 0 Å². The number of fused-ring (bicyclic) bond motifs is 2. The average molecular weight is 570 g/mol. The summed E-state index contributed by atoms with van der Waals surface area (Å²) in [4.78, 5) is 27.5. The second-order valence-electron chi connectivity index (χ2n) is 12.8. The van der Waals surface area contributed by atoms with E-state index in [0.717, 1.165) is 38.5 Å². The van der Waals surface area contributed by atoms with Gasteiger partial charge in [-0.05, 0) is 37.0 Å². The molecule has 0 aromatic carbocycles. The summed E-state index contributed by atoms with van der Waals surface area (Å²) in [6.45, 7) is 4.51. The summed E-state index contributed by atoms with van der Waals surface area (Å²) in [7, 11) is 3.23. The number of rotatable bonds is 7. The van der Waals surface area contributed by atoms with Gasteiger partial charge in [0, 0.05) is 32.6 Å². The number of carbonyl (C=O) groups is 2. The first-order chi connectivity index (χ1) is 18.8. The van der Waals surface area contributed by atoms with E-state index in [-0.39, 0.29) is 53.8 Å². The Kier molecular flexibility index (Phi) is 9.31. The van der Waals surface area contributed by atoms with Crippen molar-refractivity contribution in [2.24, 2.45) is 29.6 Å². The maximum absolute atomic E-state index is 14.4. The Hall–Kier alpha value is -0.770. The summed E-state index contributed by atoms with van der Waals surface area (Å²) in [5.41, 5.74) is -1.34. The van der Waals surface area contributed by atoms with Gasteiger partial charge in [-0.2, -0.15) is 0 Å². The number of aliphatic hydroxyl groups is 1. The largest absolute Gasteiger partial charge is 0.465 e. The highest BCUT2D eigenvalue weighted by molar-refractivity contribution is 6.22. The van der Waals surface area contributed by atoms with E-state index in [0.29, 0.717) is 31.8 Å². The van der Waals surface area contributed by atoms with Crippen molar-refractivity contribution in [3.8, 4) is 0 Å². The quantitative estimate of drug-likeness (QED) is 0.272. The minimum absolute atomic E-state index is 0.0819. The predicted octanol–water partition coefficient (Wildman–Crippen LogP) is 3.64. The number of halogens is 1. The van der Waals surface area contributed by atoms with Crippen molar-refractivity contribution in [1.82, 2.24) is 5.32 Å². The highest BCUT2D eigenvalue weighted by Crippen LogP contribution is 2.56. The van der Waals surface area contributed by atoms with Crippen LogP contribution in [0.3, 0.4) is 0 Å². The normalized spacial score (nSPS) is 46.6. The smallest absolute Gasteiger partial charge is 0.323 e. The minimum Gasteiger partial charge on any atom is -0.465 e. The second-order valence-corrected chi connectivity index (χ2v) is 13.3. The fraction of sp³-hybridized carbons (Fsp3) is 0.933. The maximum Gasteiger partial charge on any atom is 0.323 e. The molecule has 2 aliphatic heterocycles. The van der Waals surface area contributed by atoms with E-state index < -0.39 is 29.1 Å². The Labute approximate surface area is 238 Å². The van der Waals surface area contributed by atoms with Gasteiger partial charge in [-0.3, -0.25) is 9.59 Å². The number of ketones is 1. The van der Waals surface area contributed by atoms with Crippen LogP contribution in [-0.4, -0.2) is 85.2 Å². The predicted molar refractivity (Wildman–Crippen MR) is 146 cm³/mol. The van der Waals surface area contributed by atoms with E-state index >= 15 is 0 Å². The first kappa shape index (κ1) is 29.7. The van der Waals surface area contributed by atoms with E-state index in [1.807, 2.05) is 6.92 Å². The van der Waals surface area contributed by atoms with Gasteiger partial charge in [0.2, 0.25) is 0 Å². The molecule has 0 aromatic rings. The Morgan fingerprint density at radius 1 is 1.13 bits per heavy atom. The number of Topliss-reactive ketones (excluding diaryl/α,β-unsaturated/α-hetero) is 1. The molecular formula is C30H48ClNO7. The maximum atomic E-state index is 14.4. The fourth-order valence-corrected chi connectivity index (χ4v) is 9.21. The first-order valence-corrected chi connectivity index (χ1v) is 15.7. The standard InChI is InChI=1S/C30H48ClNO7/c1-5-6-12-38-29(35)20-14-18(17-10-8-7-9-11-17)23-19(32-20)13-16(2)30(27(23)33)28(34)24-21(36-3)15-22(37-4)25(31)26(24)39-30/h16-27,32-33H,5-15H2,1-4H3/t16-,18?,19?,20?,21?,22?,23?,24?,25?,26?,27?,30+/m1/s1. The van der Waals surface area contributed by atoms with Gasteiger partial charge in [0.25, 0.3) is 0 Å². The zero-order chi connectivity index (χ0) is 27.9. The van der Waals surface area contributed by atoms with Gasteiger partial charge in [0.15, 0.2) is 11.4 Å². The number of unbranched alkanes of at least 4 members (excludes halogenated alkanes) is 1. The van der Waals surface area contributed by atoms with Crippen molar-refractivity contribution in [2.75, 3.05) is 20.8 Å². The Bertz CT molecular complexity index is 883. The molecule has 39 heavy (non-hydrogen) atoms. The van der Waals surface area contributed by atoms with Crippen LogP contribution in [0.1, 0.15) is 78.1 Å². The van der Waals surface area contributed by atoms with Crippen molar-refractivity contribution in [1.29, 1.82) is 0 Å². The van der Waals surface area contributed by atoms with Crippen molar-refractivity contribution in [3.05, 3.63) is 0 Å². The summed E-state index contributed by atoms with van der Waals surface area (Å²) < 4.78 is 23.8. The molecule has 8 nitrogen and oxygen atoms in total. The molecule has 10 unspecified atom stereocenters. The number of esters is 1. The molecule has 5 rings (SSSR count). The van der Waals surface area contributed by atoms with Gasteiger partial charge in [-0.25, -0.2) is 0 Å². The zero-order valence-electron chi connectivity index (χ0n) is 24.0. The number of nitrogens with one attached hydrogen (secondary N) is 1. The molecule has 3 saturated carbocycles. The van der Waals surface area contributed by atoms with Crippen LogP contribution in [-0.2, 0) is 28.5 Å². The number of piperidine rings is 1. The van der Waals surface area contributed by atoms with E-state index in [9.17, 15) is 14.7 Å². The van der Waals surface area contributed by atoms with Gasteiger partial charge in [0.1, 0.15) is 6.04 Å². The monoisotopic (exact) mass is 569 g/mol. The topological polar surface area (TPSA) is 103 Å². The van der Waals surface area contributed by atoms with E-state index in [2.05, 4.69) is 12.2 Å². The lowest BCUT2D eigenvalue weighted by Crippen LogP contribution is -2.70. The van der Waals surface area contributed by atoms with E-state index in [1.54, 1.807) is 14.2 Å². The molecular weight excluding hydrogens is 522 g/mol. The number of aliphatic hydroxyl groups excluding tert-OH is 1. The van der Waals surface area contributed by atoms with E-state index in [1.165, 1.54) is 6.42 Å². The molecule has 1 spiro atoms. The molecule has 12 atom stereocenters. The first-order valence-electron chi connectivity index (χ1n) is 15.3. The van der Waals surface area contributed by atoms with Gasteiger partial charge >= 0.3 is 5.97 Å². The van der Waals surface area contributed by atoms with Crippen molar-refractivity contribution in [3.63, 3.8) is 0 Å². The van der Waals surface area contributed by atoms with Crippen LogP contribution in [0.25, 0.3) is 0 Å². The summed E-state index contributed by atoms with van der Waals surface area (Å²) in [6.07, 6.45) is 7.06. The third-order valence-electron chi connectivity index (χ3n) is 10.8. The highest BCUT2D eigenvalue weighted by atomic mass is 35.5. The lowest BCUT2D eigenvalue weighted by atomic mass is 9.56. The summed E-state index contributed by atoms with van der Waals surface area (Å²) in [6, 6.07) is -0.486. The zero-order valence-corrected chi connectivity index (χ0v) is 24.7. The summed E-state index contributed by atoms with van der Waals surface area (Å²) in [5, 5.41) is 15.4. The third-order valence-corrected chi connectivity index (χ3v) is 11.3. The van der Waals surface area contributed by atoms with Crippen molar-refractivity contribution >= 4 is 23.4 Å². The number of hydrogen-bond acceptors (Lipinski definition) is 8. The molecule has 3 aliphatic carbocycles. The number of carbonyl (C=O) groups excluding carboxylic acids is 2. The summed E-state index contributed by atoms with van der Waals surface area (Å²) >= 11 is 6.86. The Balaban J connectivity index is 1.45. The SMILES string of the molecule is CCCCOC(=O)C1CC(C2CCCCC2)C2C(C[C@@H](C)[C@]3(OC4C(Cl)C(OC)CC(OC)C4C3=O)C2O)N1. The lowest BCUT2D eigenvalue weighted by molar-refractivity contribution is -0.210. The van der Waals surface area contributed by atoms with Crippen LogP contribution in [0.2, 0.25) is 0 Å². The van der Waals surface area contributed by atoms with Crippen molar-refractivity contribution in [2.45, 2.75) is 126 Å². The molecule has 0 radical (unpaired) electrons. The summed E-state index contributed by atoms with van der Waals surface area (Å²) in [5.74, 6) is -0.753. The molecule has 2 saturated heterocycles. The van der Waals surface area contributed by atoms with E-state index in [4.69, 9.17) is 30.5 Å². The van der Waals surface area contributed by atoms with Gasteiger partial charge in [-0.1, -0.05) is 52.4 Å². The number of methoxy groups -OCH3 is 2. The molecule has 0 amide bonds. The molecule has 2 heterocycles. The molecule has 2 N–H and O–H groups in total. The van der Waals surface area contributed by atoms with Gasteiger partial charge < -0.3 is 29.4 Å². The molecule has 5 fully saturated rings. The Morgan fingerprint density at radius 3 is 2.51 bits per heavy atom. The second kappa shape index (κ2) is 12.2. The van der Waals surface area contributed by atoms with Gasteiger partial charge in [-0.15, -0.1) is 11.6 Å². The average Bonchev–Trinajstić information content (AvgIpc) is 3.26. The number of alkyl halides is 1. The Morgan fingerprint density at radius 2 is 1.85 bits per heavy atom. The van der Waals surface area contributed by atoms with Crippen LogP contribution >= 0.6 is 11.6 Å². The highest BCUT2D eigenvalue weighted by Gasteiger charge is 2.70. The third kappa shape index (κ3) is 5.10. The number of ether oxygens (including phenoxy) is 4. The van der Waals surface area contributed by atoms with Gasteiger partial charge in [0.05, 0.1) is 42.3 Å². The van der Waals surface area contributed by atoms with Crippen LogP contribution in [0.4, 0.5) is 0 Å². The van der Waals surface area contributed by atoms with Crippen LogP contribution < -0.4 is 5.32 Å². The van der Waals surface area contributed by atoms with Crippen LogP contribution in [0.15, 0.2) is 0 Å². The number of hydrogen-bond donors (Lipinski definition) is 2. The van der Waals surface area contributed by atoms with Crippen molar-refractivity contribution < 1.29 is 33.6 Å². The molecule has 0 aromatic heterocycles. The fourth-order valence-electron chi connectivity index (χ4n) is 8.80. The molecule has 222 valence electrons. The van der Waals surface area contributed by atoms with Crippen LogP contribution in [0, 0.1) is 29.6 Å². The molecule has 0 bridgehead atoms. The lowest BCUT2D eigenvalue weighted by Gasteiger charge is -2.56.